The Balaban J connectivity index is 1.95. The summed E-state index contributed by atoms with van der Waals surface area (Å²) in [6, 6.07) is 3.26. The Morgan fingerprint density at radius 1 is 1.33 bits per heavy atom. The van der Waals surface area contributed by atoms with Crippen LogP contribution in [0.2, 0.25) is 0 Å². The molecule has 0 radical (unpaired) electrons. The van der Waals surface area contributed by atoms with Gasteiger partial charge in [0.15, 0.2) is 5.65 Å². The van der Waals surface area contributed by atoms with Crippen LogP contribution >= 0.6 is 0 Å². The van der Waals surface area contributed by atoms with Gasteiger partial charge < -0.3 is 5.11 Å². The molecule has 0 aromatic carbocycles. The molecule has 0 bridgehead atoms. The Morgan fingerprint density at radius 2 is 2.11 bits per heavy atom. The molecule has 5 nitrogen and oxygen atoms in total. The summed E-state index contributed by atoms with van der Waals surface area (Å²) in [6.45, 7) is 0. The van der Waals surface area contributed by atoms with Gasteiger partial charge in [0.05, 0.1) is 5.56 Å². The van der Waals surface area contributed by atoms with E-state index in [-0.39, 0.29) is 5.56 Å². The minimum atomic E-state index is -0.919. The molecular formula is C13H15N3O2. The minimum Gasteiger partial charge on any atom is -0.478 e. The summed E-state index contributed by atoms with van der Waals surface area (Å²) in [7, 11) is 0. The van der Waals surface area contributed by atoms with Crippen molar-refractivity contribution in [2.45, 2.75) is 32.1 Å². The number of fused-ring (bicyclic) bond motifs is 1. The average molecular weight is 245 g/mol. The van der Waals surface area contributed by atoms with Gasteiger partial charge in [-0.3, -0.25) is 4.40 Å². The third kappa shape index (κ3) is 1.96. The largest absolute Gasteiger partial charge is 0.478 e. The summed E-state index contributed by atoms with van der Waals surface area (Å²) < 4.78 is 1.81. The fraction of sp³-hybridized carbons (Fsp3) is 0.462. The standard InChI is InChI=1S/C13H15N3O2/c17-13(18)10-5-6-11-14-15-12(16(11)8-10)7-9-3-1-2-4-9/h5-6,8-9H,1-4,7H2,(H,17,18). The zero-order valence-electron chi connectivity index (χ0n) is 10.0. The number of carboxylic acid groups (broad SMARTS) is 1. The smallest absolute Gasteiger partial charge is 0.337 e. The molecule has 1 fully saturated rings. The van der Waals surface area contributed by atoms with Gasteiger partial charge in [0, 0.05) is 12.6 Å². The minimum absolute atomic E-state index is 0.273. The van der Waals surface area contributed by atoms with Crippen LogP contribution in [0, 0.1) is 5.92 Å². The molecule has 94 valence electrons. The van der Waals surface area contributed by atoms with E-state index in [4.69, 9.17) is 5.11 Å². The van der Waals surface area contributed by atoms with Crippen molar-refractivity contribution in [1.29, 1.82) is 0 Å². The van der Waals surface area contributed by atoms with Gasteiger partial charge in [0.25, 0.3) is 0 Å². The van der Waals surface area contributed by atoms with E-state index in [1.807, 2.05) is 4.40 Å². The maximum atomic E-state index is 11.0. The molecule has 18 heavy (non-hydrogen) atoms. The summed E-state index contributed by atoms with van der Waals surface area (Å²) in [6.07, 6.45) is 7.58. The molecule has 3 rings (SSSR count). The van der Waals surface area contributed by atoms with Crippen LogP contribution in [-0.2, 0) is 6.42 Å². The lowest BCUT2D eigenvalue weighted by Gasteiger charge is -2.07. The van der Waals surface area contributed by atoms with Gasteiger partial charge in [-0.2, -0.15) is 0 Å². The quantitative estimate of drug-likeness (QED) is 0.899. The maximum absolute atomic E-state index is 11.0. The molecule has 0 atom stereocenters. The van der Waals surface area contributed by atoms with Crippen molar-refractivity contribution in [3.63, 3.8) is 0 Å². The molecule has 0 saturated heterocycles. The average Bonchev–Trinajstić information content (AvgIpc) is 2.99. The van der Waals surface area contributed by atoms with E-state index in [0.717, 1.165) is 12.2 Å². The fourth-order valence-corrected chi connectivity index (χ4v) is 2.68. The highest BCUT2D eigenvalue weighted by Crippen LogP contribution is 2.27. The number of hydrogen-bond acceptors (Lipinski definition) is 3. The molecule has 1 N–H and O–H groups in total. The number of rotatable bonds is 3. The van der Waals surface area contributed by atoms with Crippen LogP contribution in [0.5, 0.6) is 0 Å². The van der Waals surface area contributed by atoms with E-state index < -0.39 is 5.97 Å². The first-order valence-corrected chi connectivity index (χ1v) is 6.31. The highest BCUT2D eigenvalue weighted by molar-refractivity contribution is 5.87. The van der Waals surface area contributed by atoms with Gasteiger partial charge in [0.2, 0.25) is 0 Å². The number of aromatic carboxylic acids is 1. The molecule has 2 aromatic rings. The van der Waals surface area contributed by atoms with Crippen LogP contribution < -0.4 is 0 Å². The Labute approximate surface area is 104 Å². The van der Waals surface area contributed by atoms with Crippen LogP contribution in [0.4, 0.5) is 0 Å². The lowest BCUT2D eigenvalue weighted by Crippen LogP contribution is -2.05. The van der Waals surface area contributed by atoms with E-state index in [1.54, 1.807) is 18.3 Å². The first-order chi connectivity index (χ1) is 8.74. The van der Waals surface area contributed by atoms with Crippen molar-refractivity contribution in [2.75, 3.05) is 0 Å². The normalized spacial score (nSPS) is 16.4. The molecule has 2 aromatic heterocycles. The highest BCUT2D eigenvalue weighted by atomic mass is 16.4. The SMILES string of the molecule is O=C(O)c1ccc2nnc(CC3CCCC3)n2c1. The number of nitrogens with zero attached hydrogens (tertiary/aromatic N) is 3. The van der Waals surface area contributed by atoms with E-state index in [1.165, 1.54) is 25.7 Å². The lowest BCUT2D eigenvalue weighted by molar-refractivity contribution is 0.0696. The van der Waals surface area contributed by atoms with Gasteiger partial charge in [0.1, 0.15) is 5.82 Å². The van der Waals surface area contributed by atoms with Crippen LogP contribution in [-0.4, -0.2) is 25.7 Å². The summed E-state index contributed by atoms with van der Waals surface area (Å²) in [5.41, 5.74) is 0.989. The van der Waals surface area contributed by atoms with Crippen LogP contribution in [0.15, 0.2) is 18.3 Å². The number of pyridine rings is 1. The third-order valence-corrected chi connectivity index (χ3v) is 3.67. The first kappa shape index (κ1) is 11.2. The molecular weight excluding hydrogens is 230 g/mol. The Morgan fingerprint density at radius 3 is 2.83 bits per heavy atom. The number of carbonyl (C=O) groups is 1. The van der Waals surface area contributed by atoms with Gasteiger partial charge >= 0.3 is 5.97 Å². The molecule has 0 aliphatic heterocycles. The molecule has 2 heterocycles. The van der Waals surface area contributed by atoms with Crippen molar-refractivity contribution in [1.82, 2.24) is 14.6 Å². The maximum Gasteiger partial charge on any atom is 0.337 e. The van der Waals surface area contributed by atoms with Crippen LogP contribution in [0.3, 0.4) is 0 Å². The molecule has 0 unspecified atom stereocenters. The van der Waals surface area contributed by atoms with Crippen LogP contribution in [0.1, 0.15) is 41.9 Å². The van der Waals surface area contributed by atoms with Crippen molar-refractivity contribution in [3.8, 4) is 0 Å². The summed E-state index contributed by atoms with van der Waals surface area (Å²) >= 11 is 0. The topological polar surface area (TPSA) is 67.5 Å². The predicted molar refractivity (Wildman–Crippen MR) is 65.6 cm³/mol. The molecule has 1 aliphatic rings. The summed E-state index contributed by atoms with van der Waals surface area (Å²) in [5.74, 6) is 0.628. The third-order valence-electron chi connectivity index (χ3n) is 3.67. The molecule has 0 spiro atoms. The van der Waals surface area contributed by atoms with E-state index >= 15 is 0 Å². The van der Waals surface area contributed by atoms with E-state index in [2.05, 4.69) is 10.2 Å². The number of hydrogen-bond donors (Lipinski definition) is 1. The van der Waals surface area contributed by atoms with E-state index in [9.17, 15) is 4.79 Å². The number of carboxylic acids is 1. The second kappa shape index (κ2) is 4.40. The lowest BCUT2D eigenvalue weighted by atomic mass is 10.0. The zero-order valence-corrected chi connectivity index (χ0v) is 10.0. The second-order valence-corrected chi connectivity index (χ2v) is 4.92. The monoisotopic (exact) mass is 245 g/mol. The fourth-order valence-electron chi connectivity index (χ4n) is 2.68. The number of aromatic nitrogens is 3. The van der Waals surface area contributed by atoms with Crippen molar-refractivity contribution in [3.05, 3.63) is 29.7 Å². The Kier molecular flexibility index (Phi) is 2.74. The van der Waals surface area contributed by atoms with E-state index in [0.29, 0.717) is 11.6 Å². The zero-order chi connectivity index (χ0) is 12.5. The van der Waals surface area contributed by atoms with Gasteiger partial charge in [-0.1, -0.05) is 25.7 Å². The predicted octanol–water partition coefficient (Wildman–Crippen LogP) is 2.16. The molecule has 1 saturated carbocycles. The van der Waals surface area contributed by atoms with Crippen LogP contribution in [0.25, 0.3) is 5.65 Å². The Hall–Kier alpha value is -1.91. The molecule has 1 aliphatic carbocycles. The summed E-state index contributed by atoms with van der Waals surface area (Å²) in [4.78, 5) is 11.0. The molecule has 0 amide bonds. The van der Waals surface area contributed by atoms with Gasteiger partial charge in [-0.25, -0.2) is 4.79 Å². The van der Waals surface area contributed by atoms with Crippen molar-refractivity contribution < 1.29 is 9.90 Å². The van der Waals surface area contributed by atoms with Crippen molar-refractivity contribution in [2.24, 2.45) is 5.92 Å². The first-order valence-electron chi connectivity index (χ1n) is 6.31. The highest BCUT2D eigenvalue weighted by Gasteiger charge is 2.18. The summed E-state index contributed by atoms with van der Waals surface area (Å²) in [5, 5.41) is 17.3. The van der Waals surface area contributed by atoms with Crippen molar-refractivity contribution >= 4 is 11.6 Å². The Bertz CT molecular complexity index is 585. The molecule has 5 heteroatoms. The van der Waals surface area contributed by atoms with Gasteiger partial charge in [-0.05, 0) is 18.1 Å². The van der Waals surface area contributed by atoms with Gasteiger partial charge in [-0.15, -0.1) is 10.2 Å². The second-order valence-electron chi connectivity index (χ2n) is 4.92.